The van der Waals surface area contributed by atoms with Gasteiger partial charge in [-0.2, -0.15) is 0 Å². The van der Waals surface area contributed by atoms with Crippen molar-refractivity contribution in [3.63, 3.8) is 0 Å². The molecule has 0 aromatic rings. The van der Waals surface area contributed by atoms with Gasteiger partial charge in [-0.1, -0.05) is 0 Å². The third kappa shape index (κ3) is 5.59. The molecule has 0 aromatic heterocycles. The van der Waals surface area contributed by atoms with Crippen LogP contribution in [0.25, 0.3) is 0 Å². The fourth-order valence-electron chi connectivity index (χ4n) is 2.37. The van der Waals surface area contributed by atoms with Crippen LogP contribution in [0.15, 0.2) is 0 Å². The summed E-state index contributed by atoms with van der Waals surface area (Å²) in [4.78, 5) is 24.5. The number of carbonyl (C=O) groups excluding carboxylic acids is 1. The molecule has 1 rings (SSSR count). The molecule has 0 bridgehead atoms. The summed E-state index contributed by atoms with van der Waals surface area (Å²) in [6.45, 7) is 2.39. The van der Waals surface area contributed by atoms with Crippen molar-refractivity contribution < 1.29 is 18.9 Å². The molecule has 1 aliphatic rings. The van der Waals surface area contributed by atoms with Crippen LogP contribution in [0.4, 0.5) is 4.79 Å². The van der Waals surface area contributed by atoms with Crippen LogP contribution < -0.4 is 5.32 Å². The fourth-order valence-corrected chi connectivity index (χ4v) is 3.16. The SMILES string of the molecule is CC(CS(C)=O)NC(=O)N1CCCCC1CC(=O)O. The minimum absolute atomic E-state index is 0.0124. The van der Waals surface area contributed by atoms with Crippen molar-refractivity contribution in [3.8, 4) is 0 Å². The summed E-state index contributed by atoms with van der Waals surface area (Å²) in [5, 5.41) is 11.7. The number of nitrogens with one attached hydrogen (secondary N) is 1. The Morgan fingerprint density at radius 3 is 2.74 bits per heavy atom. The summed E-state index contributed by atoms with van der Waals surface area (Å²) >= 11 is 0. The van der Waals surface area contributed by atoms with Gasteiger partial charge in [0, 0.05) is 41.4 Å². The molecule has 110 valence electrons. The van der Waals surface area contributed by atoms with Gasteiger partial charge in [-0.15, -0.1) is 0 Å². The van der Waals surface area contributed by atoms with Crippen LogP contribution in [0.2, 0.25) is 0 Å². The number of rotatable bonds is 5. The van der Waals surface area contributed by atoms with Crippen molar-refractivity contribution in [3.05, 3.63) is 0 Å². The second-order valence-corrected chi connectivity index (χ2v) is 6.51. The molecule has 0 radical (unpaired) electrons. The molecule has 1 fully saturated rings. The van der Waals surface area contributed by atoms with Gasteiger partial charge in [0.05, 0.1) is 6.42 Å². The number of carboxylic acid groups (broad SMARTS) is 1. The summed E-state index contributed by atoms with van der Waals surface area (Å²) in [6.07, 6.45) is 4.17. The number of hydrogen-bond acceptors (Lipinski definition) is 3. The zero-order valence-electron chi connectivity index (χ0n) is 11.4. The van der Waals surface area contributed by atoms with Crippen LogP contribution in [0.3, 0.4) is 0 Å². The smallest absolute Gasteiger partial charge is 0.317 e. The summed E-state index contributed by atoms with van der Waals surface area (Å²) < 4.78 is 11.1. The van der Waals surface area contributed by atoms with Gasteiger partial charge in [0.15, 0.2) is 0 Å². The number of amides is 2. The third-order valence-electron chi connectivity index (χ3n) is 3.15. The number of aliphatic carboxylic acids is 1. The van der Waals surface area contributed by atoms with E-state index in [0.717, 1.165) is 19.3 Å². The minimum atomic E-state index is -0.962. The molecule has 0 aliphatic carbocycles. The Balaban J connectivity index is 2.56. The highest BCUT2D eigenvalue weighted by Gasteiger charge is 2.28. The van der Waals surface area contributed by atoms with E-state index in [1.54, 1.807) is 18.1 Å². The summed E-state index contributed by atoms with van der Waals surface area (Å²) in [7, 11) is -0.962. The molecule has 3 unspecified atom stereocenters. The van der Waals surface area contributed by atoms with Crippen LogP contribution in [-0.2, 0) is 15.6 Å². The van der Waals surface area contributed by atoms with E-state index in [2.05, 4.69) is 5.32 Å². The van der Waals surface area contributed by atoms with Crippen molar-refractivity contribution >= 4 is 22.8 Å². The molecule has 1 aliphatic heterocycles. The van der Waals surface area contributed by atoms with Crippen LogP contribution in [-0.4, -0.2) is 56.9 Å². The van der Waals surface area contributed by atoms with E-state index < -0.39 is 16.8 Å². The van der Waals surface area contributed by atoms with Crippen LogP contribution in [0.1, 0.15) is 32.6 Å². The zero-order valence-corrected chi connectivity index (χ0v) is 12.2. The first-order valence-corrected chi connectivity index (χ1v) is 8.21. The van der Waals surface area contributed by atoms with Gasteiger partial charge in [0.2, 0.25) is 0 Å². The van der Waals surface area contributed by atoms with Gasteiger partial charge in [0.25, 0.3) is 0 Å². The average Bonchev–Trinajstić information content (AvgIpc) is 2.27. The number of nitrogens with zero attached hydrogens (tertiary/aromatic N) is 1. The second-order valence-electron chi connectivity index (χ2n) is 5.03. The standard InChI is InChI=1S/C12H22N2O4S/c1-9(8-19(2)18)13-12(17)14-6-4-3-5-10(14)7-11(15)16/h9-10H,3-8H2,1-2H3,(H,13,17)(H,15,16). The van der Waals surface area contributed by atoms with E-state index in [0.29, 0.717) is 12.3 Å². The maximum absolute atomic E-state index is 12.1. The Kier molecular flexibility index (Phi) is 6.27. The van der Waals surface area contributed by atoms with Crippen molar-refractivity contribution in [2.45, 2.75) is 44.7 Å². The highest BCUT2D eigenvalue weighted by molar-refractivity contribution is 7.84. The third-order valence-corrected chi connectivity index (χ3v) is 4.12. The number of piperidine rings is 1. The Hall–Kier alpha value is -1.11. The molecule has 19 heavy (non-hydrogen) atoms. The van der Waals surface area contributed by atoms with Gasteiger partial charge in [-0.05, 0) is 26.2 Å². The molecule has 2 N–H and O–H groups in total. The van der Waals surface area contributed by atoms with E-state index in [-0.39, 0.29) is 24.5 Å². The maximum atomic E-state index is 12.1. The van der Waals surface area contributed by atoms with Gasteiger partial charge in [0.1, 0.15) is 0 Å². The number of hydrogen-bond donors (Lipinski definition) is 2. The van der Waals surface area contributed by atoms with Crippen molar-refractivity contribution in [2.24, 2.45) is 0 Å². The second kappa shape index (κ2) is 7.47. The molecule has 1 saturated heterocycles. The quantitative estimate of drug-likeness (QED) is 0.784. The highest BCUT2D eigenvalue weighted by Crippen LogP contribution is 2.19. The first-order chi connectivity index (χ1) is 8.90. The summed E-state index contributed by atoms with van der Waals surface area (Å²) in [6, 6.07) is -0.653. The van der Waals surface area contributed by atoms with Gasteiger partial charge in [-0.3, -0.25) is 9.00 Å². The lowest BCUT2D eigenvalue weighted by molar-refractivity contribution is -0.138. The molecule has 1 heterocycles. The van der Waals surface area contributed by atoms with Crippen LogP contribution >= 0.6 is 0 Å². The molecule has 2 amide bonds. The van der Waals surface area contributed by atoms with Crippen LogP contribution in [0, 0.1) is 0 Å². The Labute approximate surface area is 116 Å². The largest absolute Gasteiger partial charge is 0.481 e. The molecule has 6 nitrogen and oxygen atoms in total. The van der Waals surface area contributed by atoms with Crippen molar-refractivity contribution in [2.75, 3.05) is 18.6 Å². The van der Waals surface area contributed by atoms with Crippen molar-refractivity contribution in [1.82, 2.24) is 10.2 Å². The fraction of sp³-hybridized carbons (Fsp3) is 0.833. The summed E-state index contributed by atoms with van der Waals surface area (Å²) in [5.74, 6) is -0.476. The molecule has 7 heteroatoms. The normalized spacial score (nSPS) is 22.6. The van der Waals surface area contributed by atoms with E-state index in [9.17, 15) is 13.8 Å². The van der Waals surface area contributed by atoms with E-state index in [1.165, 1.54) is 0 Å². The number of carbonyl (C=O) groups is 2. The van der Waals surface area contributed by atoms with Gasteiger partial charge >= 0.3 is 12.0 Å². The molecular formula is C12H22N2O4S. The molecule has 3 atom stereocenters. The van der Waals surface area contributed by atoms with E-state index in [1.807, 2.05) is 0 Å². The number of likely N-dealkylation sites (tertiary alicyclic amines) is 1. The predicted octanol–water partition coefficient (Wildman–Crippen LogP) is 0.792. The monoisotopic (exact) mass is 290 g/mol. The predicted molar refractivity (Wildman–Crippen MR) is 73.5 cm³/mol. The van der Waals surface area contributed by atoms with Crippen LogP contribution in [0.5, 0.6) is 0 Å². The Morgan fingerprint density at radius 1 is 1.47 bits per heavy atom. The molecule has 0 spiro atoms. The molecular weight excluding hydrogens is 268 g/mol. The maximum Gasteiger partial charge on any atom is 0.317 e. The molecule has 0 aromatic carbocycles. The van der Waals surface area contributed by atoms with Gasteiger partial charge in [-0.25, -0.2) is 4.79 Å². The topological polar surface area (TPSA) is 86.7 Å². The highest BCUT2D eigenvalue weighted by atomic mass is 32.2. The first-order valence-electron chi connectivity index (χ1n) is 6.49. The lowest BCUT2D eigenvalue weighted by Crippen LogP contribution is -2.52. The number of urea groups is 1. The zero-order chi connectivity index (χ0) is 14.4. The molecule has 0 saturated carbocycles. The lowest BCUT2D eigenvalue weighted by Gasteiger charge is -2.35. The van der Waals surface area contributed by atoms with E-state index >= 15 is 0 Å². The van der Waals surface area contributed by atoms with E-state index in [4.69, 9.17) is 5.11 Å². The van der Waals surface area contributed by atoms with Crippen molar-refractivity contribution in [1.29, 1.82) is 0 Å². The number of carboxylic acids is 1. The lowest BCUT2D eigenvalue weighted by atomic mass is 10.00. The average molecular weight is 290 g/mol. The summed E-state index contributed by atoms with van der Waals surface area (Å²) in [5.41, 5.74) is 0. The minimum Gasteiger partial charge on any atom is -0.481 e. The van der Waals surface area contributed by atoms with Gasteiger partial charge < -0.3 is 15.3 Å². The Morgan fingerprint density at radius 2 is 2.16 bits per heavy atom. The Bertz CT molecular complexity index is 362. The first kappa shape index (κ1) is 15.9.